The summed E-state index contributed by atoms with van der Waals surface area (Å²) in [5, 5.41) is 5.40. The van der Waals surface area contributed by atoms with Crippen molar-refractivity contribution in [2.24, 2.45) is 7.05 Å². The Morgan fingerprint density at radius 1 is 1.31 bits per heavy atom. The maximum Gasteiger partial charge on any atom is 0.141 e. The highest BCUT2D eigenvalue weighted by Crippen LogP contribution is 2.24. The lowest BCUT2D eigenvalue weighted by molar-refractivity contribution is -0.121. The van der Waals surface area contributed by atoms with Gasteiger partial charge in [-0.05, 0) is 17.5 Å². The van der Waals surface area contributed by atoms with Gasteiger partial charge in [-0.15, -0.1) is 0 Å². The second-order valence-electron chi connectivity index (χ2n) is 6.74. The van der Waals surface area contributed by atoms with Gasteiger partial charge in [-0.1, -0.05) is 12.1 Å². The van der Waals surface area contributed by atoms with Crippen molar-refractivity contribution in [3.8, 4) is 11.3 Å². The molecule has 1 N–H and O–H groups in total. The van der Waals surface area contributed by atoms with Crippen LogP contribution >= 0.6 is 0 Å². The first kappa shape index (κ1) is 16.9. The molecule has 6 nitrogen and oxygen atoms in total. The zero-order valence-electron chi connectivity index (χ0n) is 14.8. The van der Waals surface area contributed by atoms with Gasteiger partial charge in [-0.25, -0.2) is 4.98 Å². The van der Waals surface area contributed by atoms with E-state index in [-0.39, 0.29) is 11.9 Å². The number of benzene rings is 1. The summed E-state index contributed by atoms with van der Waals surface area (Å²) in [5.41, 5.74) is 2.96. The van der Waals surface area contributed by atoms with Crippen LogP contribution < -0.4 is 5.32 Å². The molecule has 26 heavy (non-hydrogen) atoms. The van der Waals surface area contributed by atoms with E-state index in [0.29, 0.717) is 19.4 Å². The predicted octanol–water partition coefficient (Wildman–Crippen LogP) is 2.13. The van der Waals surface area contributed by atoms with Crippen LogP contribution in [0.5, 0.6) is 0 Å². The number of ketones is 1. The SMILES string of the molecule is Cn1cncc1-c1ccc2cnc(CC(=O)CC3CNCCO3)cc2c1. The van der Waals surface area contributed by atoms with Gasteiger partial charge in [0.05, 0.1) is 30.9 Å². The summed E-state index contributed by atoms with van der Waals surface area (Å²) in [6, 6.07) is 8.25. The molecule has 3 heterocycles. The lowest BCUT2D eigenvalue weighted by Crippen LogP contribution is -2.39. The topological polar surface area (TPSA) is 69.0 Å². The van der Waals surface area contributed by atoms with Gasteiger partial charge in [0.25, 0.3) is 0 Å². The molecule has 1 aliphatic rings. The summed E-state index contributed by atoms with van der Waals surface area (Å²) in [4.78, 5) is 21.0. The van der Waals surface area contributed by atoms with Gasteiger partial charge in [-0.2, -0.15) is 0 Å². The van der Waals surface area contributed by atoms with Crippen molar-refractivity contribution < 1.29 is 9.53 Å². The molecule has 1 atom stereocenters. The smallest absolute Gasteiger partial charge is 0.141 e. The number of nitrogens with one attached hydrogen (secondary N) is 1. The zero-order valence-corrected chi connectivity index (χ0v) is 14.8. The number of ether oxygens (including phenoxy) is 1. The molecule has 1 aliphatic heterocycles. The van der Waals surface area contributed by atoms with Gasteiger partial charge in [0.1, 0.15) is 5.78 Å². The van der Waals surface area contributed by atoms with E-state index in [4.69, 9.17) is 4.74 Å². The van der Waals surface area contributed by atoms with Crippen LogP contribution in [0.25, 0.3) is 22.0 Å². The molecule has 1 saturated heterocycles. The fourth-order valence-electron chi connectivity index (χ4n) is 3.36. The molecule has 0 spiro atoms. The fourth-order valence-corrected chi connectivity index (χ4v) is 3.36. The molecule has 0 radical (unpaired) electrons. The average molecular weight is 350 g/mol. The molecule has 1 aromatic carbocycles. The highest BCUT2D eigenvalue weighted by Gasteiger charge is 2.18. The molecule has 0 saturated carbocycles. The van der Waals surface area contributed by atoms with E-state index in [1.54, 1.807) is 6.33 Å². The first-order valence-corrected chi connectivity index (χ1v) is 8.88. The van der Waals surface area contributed by atoms with E-state index >= 15 is 0 Å². The molecule has 1 unspecified atom stereocenters. The number of morpholine rings is 1. The van der Waals surface area contributed by atoms with E-state index in [1.807, 2.05) is 30.1 Å². The van der Waals surface area contributed by atoms with Gasteiger partial charge < -0.3 is 14.6 Å². The molecule has 2 aromatic heterocycles. The van der Waals surface area contributed by atoms with Crippen LogP contribution in [0.2, 0.25) is 0 Å². The third kappa shape index (κ3) is 3.66. The summed E-state index contributed by atoms with van der Waals surface area (Å²) in [6.45, 7) is 2.27. The molecule has 134 valence electrons. The highest BCUT2D eigenvalue weighted by atomic mass is 16.5. The predicted molar refractivity (Wildman–Crippen MR) is 99.9 cm³/mol. The van der Waals surface area contributed by atoms with Gasteiger partial charge in [0, 0.05) is 55.8 Å². The van der Waals surface area contributed by atoms with Crippen LogP contribution in [0.3, 0.4) is 0 Å². The number of aryl methyl sites for hydroxylation is 1. The Bertz CT molecular complexity index is 928. The van der Waals surface area contributed by atoms with Gasteiger partial charge in [0.15, 0.2) is 0 Å². The number of hydrogen-bond donors (Lipinski definition) is 1. The standard InChI is InChI=1S/C20H22N4O2/c1-24-13-22-12-20(24)14-2-3-15-10-23-17(7-16(15)6-14)8-18(25)9-19-11-21-4-5-26-19/h2-3,6-7,10,12-13,19,21H,4-5,8-9,11H2,1H3. The second kappa shape index (κ2) is 7.35. The largest absolute Gasteiger partial charge is 0.375 e. The van der Waals surface area contributed by atoms with Crippen LogP contribution in [-0.4, -0.2) is 46.1 Å². The molecule has 3 aromatic rings. The minimum Gasteiger partial charge on any atom is -0.375 e. The molecule has 6 heteroatoms. The lowest BCUT2D eigenvalue weighted by Gasteiger charge is -2.22. The van der Waals surface area contributed by atoms with Crippen molar-refractivity contribution in [1.82, 2.24) is 19.9 Å². The number of fused-ring (bicyclic) bond motifs is 1. The maximum atomic E-state index is 12.4. The van der Waals surface area contributed by atoms with Crippen molar-refractivity contribution in [3.63, 3.8) is 0 Å². The zero-order chi connectivity index (χ0) is 17.9. The van der Waals surface area contributed by atoms with E-state index < -0.39 is 0 Å². The first-order valence-electron chi connectivity index (χ1n) is 8.88. The average Bonchev–Trinajstić information content (AvgIpc) is 3.08. The lowest BCUT2D eigenvalue weighted by atomic mass is 10.0. The van der Waals surface area contributed by atoms with Gasteiger partial charge in [0.2, 0.25) is 0 Å². The molecule has 4 rings (SSSR count). The summed E-state index contributed by atoms with van der Waals surface area (Å²) in [6.07, 6.45) is 6.23. The number of carbonyl (C=O) groups excluding carboxylic acids is 1. The number of carbonyl (C=O) groups is 1. The Hall–Kier alpha value is -2.57. The molecular weight excluding hydrogens is 328 g/mol. The molecule has 0 bridgehead atoms. The number of imidazole rings is 1. The van der Waals surface area contributed by atoms with E-state index in [2.05, 4.69) is 33.5 Å². The van der Waals surface area contributed by atoms with E-state index in [9.17, 15) is 4.79 Å². The third-order valence-electron chi connectivity index (χ3n) is 4.73. The van der Waals surface area contributed by atoms with E-state index in [0.717, 1.165) is 40.8 Å². The Morgan fingerprint density at radius 3 is 3.00 bits per heavy atom. The van der Waals surface area contributed by atoms with Crippen molar-refractivity contribution >= 4 is 16.6 Å². The van der Waals surface area contributed by atoms with Crippen LogP contribution in [0.1, 0.15) is 12.1 Å². The van der Waals surface area contributed by atoms with Crippen LogP contribution in [0.4, 0.5) is 0 Å². The number of rotatable bonds is 5. The summed E-state index contributed by atoms with van der Waals surface area (Å²) in [7, 11) is 1.98. The van der Waals surface area contributed by atoms with Crippen molar-refractivity contribution in [2.45, 2.75) is 18.9 Å². The summed E-state index contributed by atoms with van der Waals surface area (Å²) >= 11 is 0. The van der Waals surface area contributed by atoms with Crippen LogP contribution in [0.15, 0.2) is 43.0 Å². The first-order chi connectivity index (χ1) is 12.7. The number of aromatic nitrogens is 3. The minimum atomic E-state index is -0.0202. The summed E-state index contributed by atoms with van der Waals surface area (Å²) < 4.78 is 7.60. The maximum absolute atomic E-state index is 12.4. The van der Waals surface area contributed by atoms with Crippen LogP contribution in [-0.2, 0) is 23.0 Å². The van der Waals surface area contributed by atoms with Crippen molar-refractivity contribution in [2.75, 3.05) is 19.7 Å². The normalized spacial score (nSPS) is 17.5. The molecule has 1 fully saturated rings. The number of nitrogens with zero attached hydrogens (tertiary/aromatic N) is 3. The van der Waals surface area contributed by atoms with Crippen molar-refractivity contribution in [3.05, 3.63) is 48.7 Å². The van der Waals surface area contributed by atoms with Gasteiger partial charge in [-0.3, -0.25) is 9.78 Å². The highest BCUT2D eigenvalue weighted by molar-refractivity contribution is 5.88. The molecular formula is C20H22N4O2. The van der Waals surface area contributed by atoms with Crippen LogP contribution in [0, 0.1) is 0 Å². The van der Waals surface area contributed by atoms with Crippen molar-refractivity contribution in [1.29, 1.82) is 0 Å². The Labute approximate surface area is 152 Å². The minimum absolute atomic E-state index is 0.0202. The summed E-state index contributed by atoms with van der Waals surface area (Å²) in [5.74, 6) is 0.160. The van der Waals surface area contributed by atoms with Gasteiger partial charge >= 0.3 is 0 Å². The molecule has 0 amide bonds. The monoisotopic (exact) mass is 350 g/mol. The Morgan fingerprint density at radius 2 is 2.23 bits per heavy atom. The number of Topliss-reactive ketones (excluding diaryl/α,β-unsaturated/α-hetero) is 1. The Kier molecular flexibility index (Phi) is 4.77. The molecule has 0 aliphatic carbocycles. The van der Waals surface area contributed by atoms with E-state index in [1.165, 1.54) is 0 Å². The number of hydrogen-bond acceptors (Lipinski definition) is 5. The second-order valence-corrected chi connectivity index (χ2v) is 6.74. The Balaban J connectivity index is 1.52. The third-order valence-corrected chi connectivity index (χ3v) is 4.73. The quantitative estimate of drug-likeness (QED) is 0.763. The fraction of sp³-hybridized carbons (Fsp3) is 0.350. The number of pyridine rings is 1.